The van der Waals surface area contributed by atoms with E-state index >= 15 is 0 Å². The maximum atomic E-state index is 12.6. The predicted molar refractivity (Wildman–Crippen MR) is 93.5 cm³/mol. The minimum absolute atomic E-state index is 0.0299. The van der Waals surface area contributed by atoms with Crippen molar-refractivity contribution < 1.29 is 10.0 Å². The van der Waals surface area contributed by atoms with Crippen molar-refractivity contribution in [3.8, 4) is 0 Å². The van der Waals surface area contributed by atoms with E-state index in [2.05, 4.69) is 43.7 Å². The van der Waals surface area contributed by atoms with Gasteiger partial charge in [0.1, 0.15) is 5.84 Å². The number of carbonyl (C=O) groups is 1. The highest BCUT2D eigenvalue weighted by Gasteiger charge is 2.36. The molecule has 0 unspecified atom stereocenters. The number of nitrogens with two attached hydrogens (primary N) is 1. The lowest BCUT2D eigenvalue weighted by Crippen LogP contribution is -2.47. The van der Waals surface area contributed by atoms with Gasteiger partial charge in [-0.15, -0.1) is 0 Å². The Labute approximate surface area is 145 Å². The number of carbonyl (C=O) groups excluding carboxylic acids is 1. The van der Waals surface area contributed by atoms with Crippen molar-refractivity contribution in [1.29, 1.82) is 0 Å². The molecule has 0 radical (unpaired) electrons. The summed E-state index contributed by atoms with van der Waals surface area (Å²) in [6.07, 6.45) is 1.39. The SMILES string of the molecule is CC1(/C(N)=N/O)CCN(C(=O)c2cc(Br)ccc2I)CC1. The van der Waals surface area contributed by atoms with Crippen LogP contribution in [0.25, 0.3) is 0 Å². The average molecular weight is 466 g/mol. The first-order valence-corrected chi connectivity index (χ1v) is 8.47. The van der Waals surface area contributed by atoms with E-state index in [-0.39, 0.29) is 17.2 Å². The zero-order chi connectivity index (χ0) is 15.6. The van der Waals surface area contributed by atoms with Crippen LogP contribution < -0.4 is 5.73 Å². The van der Waals surface area contributed by atoms with Gasteiger partial charge in [-0.25, -0.2) is 0 Å². The van der Waals surface area contributed by atoms with Crippen LogP contribution in [0.1, 0.15) is 30.1 Å². The van der Waals surface area contributed by atoms with Gasteiger partial charge in [-0.2, -0.15) is 0 Å². The molecule has 1 aliphatic rings. The van der Waals surface area contributed by atoms with E-state index in [1.54, 1.807) is 0 Å². The van der Waals surface area contributed by atoms with Crippen LogP contribution >= 0.6 is 38.5 Å². The Bertz CT molecular complexity index is 584. The normalized spacial score (nSPS) is 18.6. The Morgan fingerprint density at radius 3 is 2.67 bits per heavy atom. The molecule has 1 aromatic carbocycles. The summed E-state index contributed by atoms with van der Waals surface area (Å²) < 4.78 is 1.83. The van der Waals surface area contributed by atoms with Crippen LogP contribution in [0.15, 0.2) is 27.8 Å². The number of amides is 1. The largest absolute Gasteiger partial charge is 0.409 e. The van der Waals surface area contributed by atoms with Gasteiger partial charge in [-0.3, -0.25) is 4.79 Å². The van der Waals surface area contributed by atoms with Gasteiger partial charge in [0, 0.05) is 26.5 Å². The fourth-order valence-corrected chi connectivity index (χ4v) is 3.34. The lowest BCUT2D eigenvalue weighted by Gasteiger charge is -2.38. The monoisotopic (exact) mass is 465 g/mol. The van der Waals surface area contributed by atoms with E-state index in [0.29, 0.717) is 31.5 Å². The highest BCUT2D eigenvalue weighted by Crippen LogP contribution is 2.32. The molecular weight excluding hydrogens is 449 g/mol. The quantitative estimate of drug-likeness (QED) is 0.231. The first-order valence-electron chi connectivity index (χ1n) is 6.60. The van der Waals surface area contributed by atoms with Gasteiger partial charge >= 0.3 is 0 Å². The number of nitrogens with zero attached hydrogens (tertiary/aromatic N) is 2. The third-order valence-electron chi connectivity index (χ3n) is 4.04. The summed E-state index contributed by atoms with van der Waals surface area (Å²) in [5.41, 5.74) is 6.12. The molecule has 0 aromatic heterocycles. The second kappa shape index (κ2) is 6.51. The molecule has 1 aromatic rings. The van der Waals surface area contributed by atoms with Crippen LogP contribution in [-0.4, -0.2) is 34.9 Å². The number of benzene rings is 1. The number of hydrogen-bond acceptors (Lipinski definition) is 3. The molecule has 114 valence electrons. The molecule has 5 nitrogen and oxygen atoms in total. The molecule has 0 spiro atoms. The van der Waals surface area contributed by atoms with Crippen LogP contribution in [0.4, 0.5) is 0 Å². The highest BCUT2D eigenvalue weighted by molar-refractivity contribution is 14.1. The van der Waals surface area contributed by atoms with Gasteiger partial charge < -0.3 is 15.8 Å². The van der Waals surface area contributed by atoms with Gasteiger partial charge in [0.15, 0.2) is 0 Å². The van der Waals surface area contributed by atoms with E-state index in [0.717, 1.165) is 8.04 Å². The summed E-state index contributed by atoms with van der Waals surface area (Å²) in [5.74, 6) is 0.272. The zero-order valence-corrected chi connectivity index (χ0v) is 15.4. The Morgan fingerprint density at radius 2 is 2.10 bits per heavy atom. The van der Waals surface area contributed by atoms with E-state index < -0.39 is 0 Å². The van der Waals surface area contributed by atoms with E-state index in [1.807, 2.05) is 30.0 Å². The molecule has 1 fully saturated rings. The summed E-state index contributed by atoms with van der Waals surface area (Å²) in [6, 6.07) is 5.69. The van der Waals surface area contributed by atoms with Crippen LogP contribution in [0.5, 0.6) is 0 Å². The minimum atomic E-state index is -0.337. The van der Waals surface area contributed by atoms with Crippen molar-refractivity contribution in [1.82, 2.24) is 4.90 Å². The minimum Gasteiger partial charge on any atom is -0.409 e. The van der Waals surface area contributed by atoms with Crippen LogP contribution in [0, 0.1) is 8.99 Å². The van der Waals surface area contributed by atoms with Crippen molar-refractivity contribution in [3.63, 3.8) is 0 Å². The molecule has 3 N–H and O–H groups in total. The van der Waals surface area contributed by atoms with Crippen LogP contribution in [0.3, 0.4) is 0 Å². The number of amidine groups is 1. The lowest BCUT2D eigenvalue weighted by atomic mass is 9.79. The van der Waals surface area contributed by atoms with Crippen molar-refractivity contribution in [2.24, 2.45) is 16.3 Å². The Morgan fingerprint density at radius 1 is 1.48 bits per heavy atom. The third kappa shape index (κ3) is 3.50. The Kier molecular flexibility index (Phi) is 5.13. The van der Waals surface area contributed by atoms with Crippen molar-refractivity contribution in [2.75, 3.05) is 13.1 Å². The first kappa shape index (κ1) is 16.5. The summed E-state index contributed by atoms with van der Waals surface area (Å²) in [5, 5.41) is 12.0. The molecule has 1 aliphatic heterocycles. The second-order valence-corrected chi connectivity index (χ2v) is 7.54. The molecular formula is C14H17BrIN3O2. The average Bonchev–Trinajstić information content (AvgIpc) is 2.49. The molecule has 1 heterocycles. The fourth-order valence-electron chi connectivity index (χ4n) is 2.41. The Balaban J connectivity index is 2.12. The van der Waals surface area contributed by atoms with Crippen LogP contribution in [-0.2, 0) is 0 Å². The molecule has 0 atom stereocenters. The molecule has 7 heteroatoms. The van der Waals surface area contributed by atoms with Gasteiger partial charge in [0.25, 0.3) is 5.91 Å². The smallest absolute Gasteiger partial charge is 0.254 e. The number of oxime groups is 1. The topological polar surface area (TPSA) is 78.9 Å². The lowest BCUT2D eigenvalue weighted by molar-refractivity contribution is 0.0665. The third-order valence-corrected chi connectivity index (χ3v) is 5.47. The number of likely N-dealkylation sites (tertiary alicyclic amines) is 1. The number of piperidine rings is 1. The molecule has 21 heavy (non-hydrogen) atoms. The van der Waals surface area contributed by atoms with Gasteiger partial charge in [-0.1, -0.05) is 28.0 Å². The van der Waals surface area contributed by atoms with Gasteiger partial charge in [0.2, 0.25) is 0 Å². The number of halogens is 2. The summed E-state index contributed by atoms with van der Waals surface area (Å²) >= 11 is 5.57. The number of hydrogen-bond donors (Lipinski definition) is 2. The fraction of sp³-hybridized carbons (Fsp3) is 0.429. The predicted octanol–water partition coefficient (Wildman–Crippen LogP) is 3.04. The molecule has 0 bridgehead atoms. The summed E-state index contributed by atoms with van der Waals surface area (Å²) in [7, 11) is 0. The molecule has 2 rings (SSSR count). The van der Waals surface area contributed by atoms with Gasteiger partial charge in [-0.05, 0) is 53.6 Å². The number of rotatable bonds is 2. The maximum Gasteiger partial charge on any atom is 0.254 e. The second-order valence-electron chi connectivity index (χ2n) is 5.46. The van der Waals surface area contributed by atoms with Crippen molar-refractivity contribution in [3.05, 3.63) is 31.8 Å². The van der Waals surface area contributed by atoms with Crippen molar-refractivity contribution >= 4 is 50.3 Å². The first-order chi connectivity index (χ1) is 9.87. The molecule has 0 saturated carbocycles. The Hall–Kier alpha value is -0.830. The van der Waals surface area contributed by atoms with Crippen LogP contribution in [0.2, 0.25) is 0 Å². The zero-order valence-electron chi connectivity index (χ0n) is 11.6. The van der Waals surface area contributed by atoms with E-state index in [1.165, 1.54) is 0 Å². The van der Waals surface area contributed by atoms with Gasteiger partial charge in [0.05, 0.1) is 5.56 Å². The van der Waals surface area contributed by atoms with E-state index in [9.17, 15) is 4.79 Å². The molecule has 1 amide bonds. The van der Waals surface area contributed by atoms with Crippen molar-refractivity contribution in [2.45, 2.75) is 19.8 Å². The summed E-state index contributed by atoms with van der Waals surface area (Å²) in [6.45, 7) is 3.18. The maximum absolute atomic E-state index is 12.6. The molecule has 1 saturated heterocycles. The standard InChI is InChI=1S/C14H17BrIN3O2/c1-14(13(17)18-21)4-6-19(7-5-14)12(20)10-8-9(15)2-3-11(10)16/h2-3,8,21H,4-7H2,1H3,(H2,17,18). The van der Waals surface area contributed by atoms with E-state index in [4.69, 9.17) is 10.9 Å². The summed E-state index contributed by atoms with van der Waals surface area (Å²) in [4.78, 5) is 14.4. The molecule has 0 aliphatic carbocycles. The highest BCUT2D eigenvalue weighted by atomic mass is 127.